The second kappa shape index (κ2) is 12.0. The Labute approximate surface area is 155 Å². The van der Waals surface area contributed by atoms with Gasteiger partial charge < -0.3 is 9.47 Å². The second-order valence-corrected chi connectivity index (χ2v) is 4.03. The van der Waals surface area contributed by atoms with Crippen LogP contribution >= 0.6 is 0 Å². The van der Waals surface area contributed by atoms with E-state index in [1.54, 1.807) is 6.92 Å². The summed E-state index contributed by atoms with van der Waals surface area (Å²) in [6.45, 7) is 3.05. The molecule has 1 aromatic rings. The zero-order chi connectivity index (χ0) is 27.1. The smallest absolute Gasteiger partial charge is 0.374 e. The molecule has 1 rings (SSSR count). The lowest BCUT2D eigenvalue weighted by molar-refractivity contribution is -0.152. The minimum Gasteiger partial charge on any atom is -0.464 e. The molecule has 0 fully saturated rings. The normalized spacial score (nSPS) is 17.9. The highest BCUT2D eigenvalue weighted by Gasteiger charge is 2.17. The van der Waals surface area contributed by atoms with E-state index in [0.29, 0.717) is 0 Å². The van der Waals surface area contributed by atoms with Crippen molar-refractivity contribution in [3.8, 4) is 0 Å². The minimum absolute atomic E-state index is 0.109. The van der Waals surface area contributed by atoms with E-state index in [4.69, 9.17) is 13.7 Å². The molecule has 0 aliphatic rings. The summed E-state index contributed by atoms with van der Waals surface area (Å²) in [6.07, 6.45) is -4.81. The van der Waals surface area contributed by atoms with Gasteiger partial charge in [0.1, 0.15) is 5.78 Å². The first kappa shape index (κ1) is 9.71. The summed E-state index contributed by atoms with van der Waals surface area (Å²) in [5.74, 6) is -5.22. The van der Waals surface area contributed by atoms with E-state index in [9.17, 15) is 19.2 Å². The van der Waals surface area contributed by atoms with Gasteiger partial charge in [-0.3, -0.25) is 14.7 Å². The van der Waals surface area contributed by atoms with E-state index in [1.165, 1.54) is 6.92 Å². The van der Waals surface area contributed by atoms with E-state index >= 15 is 0 Å². The molecule has 8 nitrogen and oxygen atoms in total. The van der Waals surface area contributed by atoms with Crippen LogP contribution in [0, 0.1) is 0 Å². The Morgan fingerprint density at radius 3 is 2.50 bits per heavy atom. The number of esters is 2. The summed E-state index contributed by atoms with van der Waals surface area (Å²) in [4.78, 5) is 44.5. The van der Waals surface area contributed by atoms with E-state index in [-0.39, 0.29) is 24.2 Å². The second-order valence-electron chi connectivity index (χ2n) is 4.03. The minimum atomic E-state index is -3.06. The van der Waals surface area contributed by atoms with Crippen LogP contribution in [0.4, 0.5) is 0 Å². The Kier molecular flexibility index (Phi) is 4.84. The van der Waals surface area contributed by atoms with Crippen LogP contribution in [-0.4, -0.2) is 47.8 Å². The predicted octanol–water partition coefficient (Wildman–Crippen LogP) is 1.64. The molecule has 0 unspecified atom stereocenters. The molecular weight excluding hydrogens is 316 g/mol. The predicted molar refractivity (Wildman–Crippen MR) is 85.5 cm³/mol. The maximum absolute atomic E-state index is 11.3. The first-order chi connectivity index (χ1) is 15.1. The number of methoxy groups -OCH3 is 2. The molecule has 0 saturated carbocycles. The summed E-state index contributed by atoms with van der Waals surface area (Å²) < 4.78 is 77.5. The highest BCUT2D eigenvalue weighted by molar-refractivity contribution is 6.37. The Morgan fingerprint density at radius 2 is 1.92 bits per heavy atom. The number of aromatic nitrogens is 2. The Bertz CT molecular complexity index is 892. The molecule has 0 bridgehead atoms. The SMILES string of the molecule is [2H]C([2H])([2H])OC(=O)C(=O)CC(=O)C([2H])([2H])CC.[2H]C([2H])([2H])OC(=O)c1cc(C([2H])([2H])CC)[nH]n1. The zero-order valence-electron chi connectivity index (χ0n) is 23.1. The van der Waals surface area contributed by atoms with Crippen LogP contribution in [-0.2, 0) is 30.2 Å². The highest BCUT2D eigenvalue weighted by atomic mass is 16.5. The van der Waals surface area contributed by atoms with Crippen molar-refractivity contribution in [3.05, 3.63) is 17.5 Å². The van der Waals surface area contributed by atoms with Gasteiger partial charge in [-0.2, -0.15) is 5.10 Å². The van der Waals surface area contributed by atoms with Gasteiger partial charge in [-0.25, -0.2) is 9.59 Å². The van der Waals surface area contributed by atoms with Crippen LogP contribution < -0.4 is 0 Å². The van der Waals surface area contributed by atoms with Crippen molar-refractivity contribution in [2.24, 2.45) is 0 Å². The first-order valence-corrected chi connectivity index (χ1v) is 6.74. The number of H-pyrrole nitrogens is 1. The number of carbonyl (C=O) groups is 4. The first-order valence-electron chi connectivity index (χ1n) is 11.7. The van der Waals surface area contributed by atoms with Gasteiger partial charge in [-0.1, -0.05) is 20.3 Å². The molecule has 0 radical (unpaired) electrons. The molecule has 0 atom stereocenters. The molecule has 0 saturated heterocycles. The van der Waals surface area contributed by atoms with Crippen LogP contribution in [0.1, 0.15) is 69.4 Å². The summed E-state index contributed by atoms with van der Waals surface area (Å²) in [5.41, 5.74) is -0.147. The monoisotopic (exact) mass is 350 g/mol. The molecule has 0 aliphatic carbocycles. The number of hydrogen-bond acceptors (Lipinski definition) is 7. The summed E-state index contributed by atoms with van der Waals surface area (Å²) in [5, 5.41) is 5.88. The third-order valence-corrected chi connectivity index (χ3v) is 2.26. The standard InChI is InChI=1S/C8H12N2O2.C8H12O4/c1-3-4-6-5-7(10-9-6)8(11)12-2;1-3-4-6(9)5-7(10)8(11)12-2/h5H,3-4H2,1-2H3,(H,9,10);3-5H2,1-2H3/i2*2D3,4D2. The summed E-state index contributed by atoms with van der Waals surface area (Å²) in [6, 6.07) is 1.15. The van der Waals surface area contributed by atoms with Crippen LogP contribution in [0.15, 0.2) is 6.07 Å². The number of ketones is 2. The third kappa shape index (κ3) is 8.21. The molecule has 0 spiro atoms. The molecule has 134 valence electrons. The van der Waals surface area contributed by atoms with E-state index in [2.05, 4.69) is 19.7 Å². The van der Waals surface area contributed by atoms with E-state index in [1.807, 2.05) is 0 Å². The maximum atomic E-state index is 11.3. The summed E-state index contributed by atoms with van der Waals surface area (Å²) >= 11 is 0. The lowest BCUT2D eigenvalue weighted by Crippen LogP contribution is -2.18. The molecule has 24 heavy (non-hydrogen) atoms. The van der Waals surface area contributed by atoms with E-state index in [0.717, 1.165) is 6.07 Å². The number of aryl methyl sites for hydroxylation is 1. The number of nitrogens with one attached hydrogen (secondary N) is 1. The average Bonchev–Trinajstić information content (AvgIpc) is 3.17. The van der Waals surface area contributed by atoms with Crippen LogP contribution in [0.25, 0.3) is 0 Å². The van der Waals surface area contributed by atoms with E-state index < -0.39 is 56.7 Å². The van der Waals surface area contributed by atoms with Crippen LogP contribution in [0.3, 0.4) is 0 Å². The highest BCUT2D eigenvalue weighted by Crippen LogP contribution is 2.03. The van der Waals surface area contributed by atoms with Crippen molar-refractivity contribution in [3.63, 3.8) is 0 Å². The van der Waals surface area contributed by atoms with Gasteiger partial charge in [0.2, 0.25) is 5.78 Å². The van der Waals surface area contributed by atoms with Gasteiger partial charge in [0, 0.05) is 17.5 Å². The van der Waals surface area contributed by atoms with Gasteiger partial charge >= 0.3 is 11.9 Å². The number of aromatic amines is 1. The van der Waals surface area contributed by atoms with Crippen molar-refractivity contribution in [1.29, 1.82) is 0 Å². The summed E-state index contributed by atoms with van der Waals surface area (Å²) in [7, 11) is -5.89. The number of hydrogen-bond donors (Lipinski definition) is 1. The third-order valence-electron chi connectivity index (χ3n) is 2.26. The molecular formula is C16H24N2O6. The number of Topliss-reactive ketones (excluding diaryl/α,β-unsaturated/α-hetero) is 2. The number of nitrogens with zero attached hydrogens (tertiary/aromatic N) is 1. The van der Waals surface area contributed by atoms with Gasteiger partial charge in [0.15, 0.2) is 5.69 Å². The molecule has 1 heterocycles. The fourth-order valence-corrected chi connectivity index (χ4v) is 1.29. The molecule has 0 aromatic carbocycles. The number of rotatable bonds is 8. The molecule has 1 aromatic heterocycles. The lowest BCUT2D eigenvalue weighted by atomic mass is 10.1. The Hall–Kier alpha value is -2.51. The van der Waals surface area contributed by atoms with Crippen LogP contribution in [0.2, 0.25) is 0 Å². The van der Waals surface area contributed by atoms with Crippen molar-refractivity contribution >= 4 is 23.5 Å². The lowest BCUT2D eigenvalue weighted by Gasteiger charge is -1.96. The topological polar surface area (TPSA) is 115 Å². The van der Waals surface area contributed by atoms with Crippen molar-refractivity contribution in [2.45, 2.75) is 45.9 Å². The van der Waals surface area contributed by atoms with Gasteiger partial charge in [-0.15, -0.1) is 0 Å². The maximum Gasteiger partial charge on any atom is 0.374 e. The van der Waals surface area contributed by atoms with Gasteiger partial charge in [0.05, 0.1) is 28.7 Å². The molecule has 1 N–H and O–H groups in total. The van der Waals surface area contributed by atoms with Crippen molar-refractivity contribution < 1.29 is 42.4 Å². The van der Waals surface area contributed by atoms with Crippen molar-refractivity contribution in [1.82, 2.24) is 10.2 Å². The van der Waals surface area contributed by atoms with Crippen molar-refractivity contribution in [2.75, 3.05) is 14.1 Å². The average molecular weight is 350 g/mol. The fourth-order valence-electron chi connectivity index (χ4n) is 1.29. The number of ether oxygens (including phenoxy) is 2. The largest absolute Gasteiger partial charge is 0.464 e. The fraction of sp³-hybridized carbons (Fsp3) is 0.562. The van der Waals surface area contributed by atoms with Gasteiger partial charge in [0.25, 0.3) is 0 Å². The molecule has 0 aliphatic heterocycles. The Morgan fingerprint density at radius 1 is 1.21 bits per heavy atom. The molecule has 0 amide bonds. The van der Waals surface area contributed by atoms with Gasteiger partial charge in [-0.05, 0) is 18.9 Å². The number of carbonyl (C=O) groups excluding carboxylic acids is 4. The zero-order valence-corrected chi connectivity index (χ0v) is 13.1. The molecule has 8 heteroatoms. The Balaban J connectivity index is 0.000000641. The quantitative estimate of drug-likeness (QED) is 0.430. The van der Waals surface area contributed by atoms with Crippen LogP contribution in [0.5, 0.6) is 0 Å².